The molecule has 2 aromatic rings. The van der Waals surface area contributed by atoms with Crippen LogP contribution in [0, 0.1) is 11.2 Å². The Morgan fingerprint density at radius 3 is 2.64 bits per heavy atom. The van der Waals surface area contributed by atoms with Crippen molar-refractivity contribution in [1.82, 2.24) is 9.80 Å². The van der Waals surface area contributed by atoms with Crippen LogP contribution in [0.5, 0.6) is 0 Å². The summed E-state index contributed by atoms with van der Waals surface area (Å²) in [5.41, 5.74) is 1.90. The summed E-state index contributed by atoms with van der Waals surface area (Å²) < 4.78 is 13.1. The fourth-order valence-electron chi connectivity index (χ4n) is 4.55. The first-order valence-electron chi connectivity index (χ1n) is 9.80. The number of hydrogen-bond donors (Lipinski definition) is 0. The average molecular weight is 401 g/mol. The molecule has 1 unspecified atom stereocenters. The van der Waals surface area contributed by atoms with Crippen molar-refractivity contribution in [2.75, 3.05) is 26.2 Å². The molecule has 1 aromatic heterocycles. The molecule has 2 fully saturated rings. The summed E-state index contributed by atoms with van der Waals surface area (Å²) in [6.07, 6.45) is 3.28. The van der Waals surface area contributed by atoms with Gasteiger partial charge in [0.25, 0.3) is 5.91 Å². The number of likely N-dealkylation sites (tertiary alicyclic amines) is 2. The third-order valence-corrected chi connectivity index (χ3v) is 7.01. The van der Waals surface area contributed by atoms with Crippen molar-refractivity contribution in [2.45, 2.75) is 32.7 Å². The monoisotopic (exact) mass is 400 g/mol. The van der Waals surface area contributed by atoms with Crippen LogP contribution < -0.4 is 0 Å². The minimum Gasteiger partial charge on any atom is -0.338 e. The van der Waals surface area contributed by atoms with E-state index in [4.69, 9.17) is 0 Å². The van der Waals surface area contributed by atoms with Crippen LogP contribution in [0.3, 0.4) is 0 Å². The van der Waals surface area contributed by atoms with Crippen molar-refractivity contribution in [1.29, 1.82) is 0 Å². The summed E-state index contributed by atoms with van der Waals surface area (Å²) in [4.78, 5) is 29.4. The number of ketones is 1. The van der Waals surface area contributed by atoms with Crippen LogP contribution in [0.2, 0.25) is 0 Å². The van der Waals surface area contributed by atoms with Crippen molar-refractivity contribution >= 4 is 23.0 Å². The van der Waals surface area contributed by atoms with Gasteiger partial charge < -0.3 is 4.90 Å². The number of halogens is 1. The lowest BCUT2D eigenvalue weighted by molar-refractivity contribution is 0.0676. The Balaban J connectivity index is 1.40. The van der Waals surface area contributed by atoms with Gasteiger partial charge in [0.2, 0.25) is 0 Å². The molecule has 0 radical (unpaired) electrons. The lowest BCUT2D eigenvalue weighted by atomic mass is 9.79. The summed E-state index contributed by atoms with van der Waals surface area (Å²) in [5, 5.41) is 1.80. The van der Waals surface area contributed by atoms with Gasteiger partial charge in [0, 0.05) is 37.0 Å². The molecule has 1 spiro atoms. The highest BCUT2D eigenvalue weighted by atomic mass is 32.1. The molecule has 1 atom stereocenters. The molecule has 148 valence electrons. The van der Waals surface area contributed by atoms with Gasteiger partial charge in [0.05, 0.1) is 10.4 Å². The largest absolute Gasteiger partial charge is 0.338 e. The zero-order valence-electron chi connectivity index (χ0n) is 16.1. The molecule has 0 aliphatic carbocycles. The van der Waals surface area contributed by atoms with Gasteiger partial charge >= 0.3 is 0 Å². The molecule has 2 saturated heterocycles. The van der Waals surface area contributed by atoms with Gasteiger partial charge in [0.15, 0.2) is 5.78 Å². The lowest BCUT2D eigenvalue weighted by Gasteiger charge is -2.40. The predicted molar refractivity (Wildman–Crippen MR) is 108 cm³/mol. The Morgan fingerprint density at radius 2 is 1.93 bits per heavy atom. The minimum absolute atomic E-state index is 0.00524. The molecule has 1 aromatic carbocycles. The third-order valence-electron chi connectivity index (χ3n) is 5.98. The lowest BCUT2D eigenvalue weighted by Crippen LogP contribution is -2.45. The van der Waals surface area contributed by atoms with Crippen molar-refractivity contribution < 1.29 is 14.0 Å². The van der Waals surface area contributed by atoms with E-state index < -0.39 is 0 Å². The molecule has 2 aliphatic heterocycles. The van der Waals surface area contributed by atoms with Crippen molar-refractivity contribution in [3.05, 3.63) is 57.5 Å². The summed E-state index contributed by atoms with van der Waals surface area (Å²) in [6.45, 7) is 5.91. The zero-order chi connectivity index (χ0) is 19.7. The van der Waals surface area contributed by atoms with Crippen LogP contribution in [-0.2, 0) is 6.54 Å². The van der Waals surface area contributed by atoms with Gasteiger partial charge in [-0.2, -0.15) is 0 Å². The van der Waals surface area contributed by atoms with Crippen LogP contribution in [0.25, 0.3) is 0 Å². The van der Waals surface area contributed by atoms with E-state index in [1.165, 1.54) is 30.4 Å². The maximum atomic E-state index is 13.1. The number of Topliss-reactive ketones (excluding diaryl/α,β-unsaturated/α-hetero) is 1. The molecule has 1 amide bonds. The molecule has 3 heterocycles. The first-order valence-corrected chi connectivity index (χ1v) is 10.7. The fourth-order valence-corrected chi connectivity index (χ4v) is 5.33. The first kappa shape index (κ1) is 19.3. The molecule has 4 nitrogen and oxygen atoms in total. The molecular formula is C22H25FN2O2S. The van der Waals surface area contributed by atoms with Crippen molar-refractivity contribution in [2.24, 2.45) is 5.41 Å². The highest BCUT2D eigenvalue weighted by Gasteiger charge is 2.42. The Kier molecular flexibility index (Phi) is 5.34. The topological polar surface area (TPSA) is 40.6 Å². The van der Waals surface area contributed by atoms with E-state index in [1.807, 2.05) is 17.0 Å². The van der Waals surface area contributed by atoms with E-state index in [0.717, 1.165) is 57.5 Å². The van der Waals surface area contributed by atoms with Crippen LogP contribution in [0.15, 0.2) is 35.7 Å². The molecular weight excluding hydrogens is 375 g/mol. The quantitative estimate of drug-likeness (QED) is 0.722. The predicted octanol–water partition coefficient (Wildman–Crippen LogP) is 4.22. The van der Waals surface area contributed by atoms with E-state index in [0.29, 0.717) is 10.4 Å². The van der Waals surface area contributed by atoms with Gasteiger partial charge in [-0.15, -0.1) is 11.3 Å². The smallest absolute Gasteiger partial charge is 0.254 e. The molecule has 28 heavy (non-hydrogen) atoms. The number of hydrogen-bond acceptors (Lipinski definition) is 4. The zero-order valence-corrected chi connectivity index (χ0v) is 16.9. The Hall–Kier alpha value is -2.05. The van der Waals surface area contributed by atoms with Gasteiger partial charge in [0.1, 0.15) is 5.82 Å². The average Bonchev–Trinajstić information content (AvgIpc) is 3.31. The van der Waals surface area contributed by atoms with Crippen molar-refractivity contribution in [3.63, 3.8) is 0 Å². The number of carbonyl (C=O) groups excluding carboxylic acids is 2. The Labute approximate surface area is 169 Å². The van der Waals surface area contributed by atoms with Crippen LogP contribution in [0.4, 0.5) is 4.39 Å². The Bertz CT molecular complexity index is 879. The molecule has 0 bridgehead atoms. The number of benzene rings is 1. The summed E-state index contributed by atoms with van der Waals surface area (Å²) in [6, 6.07) is 8.46. The van der Waals surface area contributed by atoms with Gasteiger partial charge in [-0.3, -0.25) is 14.5 Å². The second-order valence-electron chi connectivity index (χ2n) is 8.17. The summed E-state index contributed by atoms with van der Waals surface area (Å²) in [5.74, 6) is -0.160. The van der Waals surface area contributed by atoms with Gasteiger partial charge in [-0.25, -0.2) is 4.39 Å². The fraction of sp³-hybridized carbons (Fsp3) is 0.455. The van der Waals surface area contributed by atoms with Gasteiger partial charge in [-0.1, -0.05) is 12.1 Å². The van der Waals surface area contributed by atoms with E-state index in [9.17, 15) is 14.0 Å². The van der Waals surface area contributed by atoms with E-state index in [2.05, 4.69) is 4.90 Å². The molecule has 4 rings (SSSR count). The van der Waals surface area contributed by atoms with E-state index >= 15 is 0 Å². The van der Waals surface area contributed by atoms with E-state index in [1.54, 1.807) is 11.4 Å². The number of amides is 1. The summed E-state index contributed by atoms with van der Waals surface area (Å²) in [7, 11) is 0. The highest BCUT2D eigenvalue weighted by Crippen LogP contribution is 2.40. The standard InChI is InChI=1S/C22H25FN2O2S/c1-16(26)20-11-18(13-28-20)21(27)25-10-8-22(15-25)7-2-9-24(14-22)12-17-3-5-19(23)6-4-17/h3-6,11,13H,2,7-10,12,14-15H2,1H3. The molecule has 0 N–H and O–H groups in total. The number of nitrogens with zero attached hydrogens (tertiary/aromatic N) is 2. The van der Waals surface area contributed by atoms with Crippen LogP contribution in [0.1, 0.15) is 51.8 Å². The Morgan fingerprint density at radius 1 is 1.14 bits per heavy atom. The maximum absolute atomic E-state index is 13.1. The third kappa shape index (κ3) is 4.03. The number of carbonyl (C=O) groups is 2. The number of thiophene rings is 1. The maximum Gasteiger partial charge on any atom is 0.254 e. The second kappa shape index (κ2) is 7.76. The SMILES string of the molecule is CC(=O)c1cc(C(=O)N2CCC3(CCCN(Cc4ccc(F)cc4)C3)C2)cs1. The highest BCUT2D eigenvalue weighted by molar-refractivity contribution is 7.12. The van der Waals surface area contributed by atoms with Gasteiger partial charge in [-0.05, 0) is 56.5 Å². The second-order valence-corrected chi connectivity index (χ2v) is 9.08. The van der Waals surface area contributed by atoms with Crippen LogP contribution >= 0.6 is 11.3 Å². The minimum atomic E-state index is -0.204. The summed E-state index contributed by atoms with van der Waals surface area (Å²) >= 11 is 1.34. The molecule has 2 aliphatic rings. The van der Waals surface area contributed by atoms with Crippen LogP contribution in [-0.4, -0.2) is 47.7 Å². The van der Waals surface area contributed by atoms with E-state index in [-0.39, 0.29) is 22.9 Å². The first-order chi connectivity index (χ1) is 13.4. The normalized spacial score (nSPS) is 22.7. The molecule has 0 saturated carbocycles. The van der Waals surface area contributed by atoms with Crippen molar-refractivity contribution in [3.8, 4) is 0 Å². The number of rotatable bonds is 4. The number of piperidine rings is 1. The molecule has 6 heteroatoms.